The standard InChI is InChI=1S/C6H16N2.2C2H6O.2Cr.3H2O4S/c1-5(2,7)6(3,4)8;2*1-2-3;;;3*1-5(2,3)4/h7-8H2,1-4H3;2*3H,2H2,1H3;;;3*(H2,1,2,3,4)/q;;;2*+3;;;/p-6. The van der Waals surface area contributed by atoms with Crippen LogP contribution in [0.4, 0.5) is 0 Å². The Hall–Kier alpha value is 0.515. The Morgan fingerprint density at radius 3 is 0.613 bits per heavy atom. The summed E-state index contributed by atoms with van der Waals surface area (Å²) in [4.78, 5) is 0. The second-order valence-electron chi connectivity index (χ2n) is 5.30. The van der Waals surface area contributed by atoms with Gasteiger partial charge in [-0.05, 0) is 41.5 Å². The topological polar surface area (TPSA) is 333 Å². The van der Waals surface area contributed by atoms with Crippen molar-refractivity contribution in [3.8, 4) is 0 Å². The largest absolute Gasteiger partial charge is 3.00 e. The summed E-state index contributed by atoms with van der Waals surface area (Å²) >= 11 is 0. The molecule has 0 aliphatic rings. The molecule has 21 heteroatoms. The van der Waals surface area contributed by atoms with Crippen molar-refractivity contribution >= 4 is 31.2 Å². The molecular formula is C10H28Cr2N2O14S3. The minimum Gasteiger partial charge on any atom is -0.759 e. The number of aliphatic hydroxyl groups is 2. The van der Waals surface area contributed by atoms with E-state index in [1.807, 2.05) is 27.7 Å². The normalized spacial score (nSPS) is 10.5. The predicted octanol–water partition coefficient (Wildman–Crippen LogP) is -3.56. The van der Waals surface area contributed by atoms with Crippen molar-refractivity contribution in [3.05, 3.63) is 0 Å². The van der Waals surface area contributed by atoms with Gasteiger partial charge >= 0.3 is 34.7 Å². The van der Waals surface area contributed by atoms with Gasteiger partial charge in [-0.25, -0.2) is 0 Å². The summed E-state index contributed by atoms with van der Waals surface area (Å²) in [7, 11) is -15.5. The Bertz CT molecular complexity index is 546. The summed E-state index contributed by atoms with van der Waals surface area (Å²) in [6, 6.07) is 0. The van der Waals surface area contributed by atoms with Crippen molar-refractivity contribution in [2.24, 2.45) is 11.5 Å². The smallest absolute Gasteiger partial charge is 0.759 e. The first-order chi connectivity index (χ1) is 12.1. The average molecular weight is 601 g/mol. The molecule has 192 valence electrons. The molecule has 0 amide bonds. The minimum absolute atomic E-state index is 0. The third kappa shape index (κ3) is 274. The Morgan fingerprint density at radius 1 is 0.581 bits per heavy atom. The quantitative estimate of drug-likeness (QED) is 0.167. The SMILES string of the molecule is CC(C)(N)C(C)(C)N.CCO.CCO.O=S(=O)([O-])[O-].O=S(=O)([O-])[O-].O=S(=O)([O-])[O-].[Cr+3].[Cr+3]. The van der Waals surface area contributed by atoms with Gasteiger partial charge in [0.15, 0.2) is 0 Å². The molecule has 0 spiro atoms. The van der Waals surface area contributed by atoms with Crippen molar-refractivity contribution < 1.29 is 97.5 Å². The molecule has 31 heavy (non-hydrogen) atoms. The van der Waals surface area contributed by atoms with Crippen LogP contribution in [0.3, 0.4) is 0 Å². The fourth-order valence-corrected chi connectivity index (χ4v) is 0. The molecule has 0 fully saturated rings. The van der Waals surface area contributed by atoms with Crippen LogP contribution in [0.15, 0.2) is 0 Å². The molecule has 0 heterocycles. The van der Waals surface area contributed by atoms with E-state index in [0.29, 0.717) is 0 Å². The van der Waals surface area contributed by atoms with Gasteiger partial charge in [-0.15, -0.1) is 0 Å². The molecule has 0 rings (SSSR count). The number of hydrogen-bond donors (Lipinski definition) is 4. The van der Waals surface area contributed by atoms with Crippen LogP contribution in [-0.2, 0) is 65.9 Å². The number of hydrogen-bond acceptors (Lipinski definition) is 16. The summed E-state index contributed by atoms with van der Waals surface area (Å²) in [6.45, 7) is 11.6. The van der Waals surface area contributed by atoms with E-state index in [1.165, 1.54) is 0 Å². The first-order valence-electron chi connectivity index (χ1n) is 6.87. The van der Waals surface area contributed by atoms with E-state index in [4.69, 9.17) is 74.3 Å². The van der Waals surface area contributed by atoms with Crippen LogP contribution in [-0.4, -0.2) is 87.1 Å². The summed E-state index contributed by atoms with van der Waals surface area (Å²) < 4.78 is 102. The van der Waals surface area contributed by atoms with E-state index in [9.17, 15) is 0 Å². The summed E-state index contributed by atoms with van der Waals surface area (Å²) in [5.74, 6) is 0. The molecule has 0 saturated carbocycles. The number of rotatable bonds is 1. The zero-order valence-corrected chi connectivity index (χ0v) is 22.4. The molecule has 0 aromatic rings. The number of nitrogens with two attached hydrogens (primary N) is 2. The van der Waals surface area contributed by atoms with E-state index in [-0.39, 0.29) is 59.0 Å². The fraction of sp³-hybridized carbons (Fsp3) is 1.00. The van der Waals surface area contributed by atoms with Crippen molar-refractivity contribution in [1.29, 1.82) is 0 Å². The number of aliphatic hydroxyl groups excluding tert-OH is 2. The van der Waals surface area contributed by atoms with E-state index in [1.54, 1.807) is 13.8 Å². The maximum Gasteiger partial charge on any atom is 3.00 e. The van der Waals surface area contributed by atoms with E-state index in [2.05, 4.69) is 0 Å². The van der Waals surface area contributed by atoms with Crippen molar-refractivity contribution in [2.75, 3.05) is 13.2 Å². The molecule has 2 radical (unpaired) electrons. The van der Waals surface area contributed by atoms with Crippen LogP contribution < -0.4 is 11.5 Å². The second kappa shape index (κ2) is 25.1. The van der Waals surface area contributed by atoms with Gasteiger partial charge in [0.1, 0.15) is 0 Å². The van der Waals surface area contributed by atoms with Crippen LogP contribution in [0, 0.1) is 0 Å². The fourth-order valence-electron chi connectivity index (χ4n) is 0. The van der Waals surface area contributed by atoms with Gasteiger partial charge in [-0.2, -0.15) is 0 Å². The summed E-state index contributed by atoms with van der Waals surface area (Å²) in [5, 5.41) is 15.1. The zero-order valence-electron chi connectivity index (χ0n) is 17.4. The van der Waals surface area contributed by atoms with Crippen molar-refractivity contribution in [1.82, 2.24) is 0 Å². The van der Waals surface area contributed by atoms with Crippen LogP contribution in [0.25, 0.3) is 0 Å². The van der Waals surface area contributed by atoms with Gasteiger partial charge in [-0.1, -0.05) is 0 Å². The van der Waals surface area contributed by atoms with Gasteiger partial charge in [0.25, 0.3) is 0 Å². The Kier molecular flexibility index (Phi) is 43.0. The van der Waals surface area contributed by atoms with E-state index in [0.717, 1.165) is 0 Å². The first kappa shape index (κ1) is 53.1. The Morgan fingerprint density at radius 2 is 0.613 bits per heavy atom. The molecular weight excluding hydrogens is 572 g/mol. The van der Waals surface area contributed by atoms with Gasteiger partial charge in [0.2, 0.25) is 0 Å². The van der Waals surface area contributed by atoms with Gasteiger partial charge < -0.3 is 49.0 Å². The molecule has 0 aromatic carbocycles. The minimum atomic E-state index is -5.17. The maximum atomic E-state index is 8.52. The molecule has 0 saturated heterocycles. The maximum absolute atomic E-state index is 8.52. The van der Waals surface area contributed by atoms with Gasteiger partial charge in [0.05, 0.1) is 0 Å². The second-order valence-corrected chi connectivity index (χ2v) is 7.75. The summed E-state index contributed by atoms with van der Waals surface area (Å²) in [5.41, 5.74) is 10.8. The average Bonchev–Trinajstić information content (AvgIpc) is 2.19. The molecule has 6 N–H and O–H groups in total. The van der Waals surface area contributed by atoms with Crippen molar-refractivity contribution in [2.45, 2.75) is 52.6 Å². The Labute approximate surface area is 205 Å². The predicted molar refractivity (Wildman–Crippen MR) is 93.5 cm³/mol. The van der Waals surface area contributed by atoms with Crippen LogP contribution in [0.1, 0.15) is 41.5 Å². The molecule has 0 aliphatic heterocycles. The molecule has 0 unspecified atom stereocenters. The Balaban J connectivity index is -0.0000000348. The van der Waals surface area contributed by atoms with E-state index >= 15 is 0 Å². The van der Waals surface area contributed by atoms with E-state index < -0.39 is 31.2 Å². The van der Waals surface area contributed by atoms with Crippen LogP contribution >= 0.6 is 0 Å². The zero-order chi connectivity index (χ0) is 25.9. The van der Waals surface area contributed by atoms with Crippen molar-refractivity contribution in [3.63, 3.8) is 0 Å². The summed E-state index contributed by atoms with van der Waals surface area (Å²) in [6.07, 6.45) is 0. The molecule has 16 nitrogen and oxygen atoms in total. The van der Waals surface area contributed by atoms with Crippen LogP contribution in [0.5, 0.6) is 0 Å². The molecule has 0 atom stereocenters. The monoisotopic (exact) mass is 600 g/mol. The van der Waals surface area contributed by atoms with Crippen LogP contribution in [0.2, 0.25) is 0 Å². The van der Waals surface area contributed by atoms with Gasteiger partial charge in [-0.3, -0.25) is 25.3 Å². The molecule has 0 bridgehead atoms. The van der Waals surface area contributed by atoms with Gasteiger partial charge in [0, 0.05) is 55.5 Å². The first-order valence-corrected chi connectivity index (χ1v) is 10.9. The molecule has 0 aliphatic carbocycles. The third-order valence-corrected chi connectivity index (χ3v) is 1.66. The third-order valence-electron chi connectivity index (χ3n) is 1.66. The molecule has 0 aromatic heterocycles.